The van der Waals surface area contributed by atoms with E-state index in [1.54, 1.807) is 24.3 Å². The van der Waals surface area contributed by atoms with Gasteiger partial charge in [0.15, 0.2) is 15.9 Å². The molecule has 12 heteroatoms. The predicted molar refractivity (Wildman–Crippen MR) is 123 cm³/mol. The molecule has 33 heavy (non-hydrogen) atoms. The van der Waals surface area contributed by atoms with E-state index in [0.717, 1.165) is 19.3 Å². The molecule has 5 rings (SSSR count). The second kappa shape index (κ2) is 8.77. The van der Waals surface area contributed by atoms with E-state index >= 15 is 0 Å². The summed E-state index contributed by atoms with van der Waals surface area (Å²) in [6, 6.07) is 6.78. The molecule has 0 aliphatic rings. The number of halogens is 1. The van der Waals surface area contributed by atoms with Gasteiger partial charge in [-0.2, -0.15) is 4.98 Å². The van der Waals surface area contributed by atoms with Gasteiger partial charge in [0.25, 0.3) is 5.56 Å². The van der Waals surface area contributed by atoms with E-state index < -0.39 is 0 Å². The van der Waals surface area contributed by atoms with Gasteiger partial charge in [-0.05, 0) is 34.5 Å². The second-order valence-corrected chi connectivity index (χ2v) is 8.42. The zero-order valence-corrected chi connectivity index (χ0v) is 19.4. The Morgan fingerprint density at radius 3 is 2.82 bits per heavy atom. The molecular formula is C21H21BrN8O3. The topological polar surface area (TPSA) is 140 Å². The third-order valence-corrected chi connectivity index (χ3v) is 5.82. The van der Waals surface area contributed by atoms with Crippen LogP contribution < -0.4 is 5.56 Å². The maximum absolute atomic E-state index is 13.2. The lowest BCUT2D eigenvalue weighted by atomic mass is 10.2. The Hall–Kier alpha value is -3.54. The number of phenolic OH excluding ortho intramolecular Hbond substituents is 1. The summed E-state index contributed by atoms with van der Waals surface area (Å²) in [5.74, 6) is 1.70. The van der Waals surface area contributed by atoms with Gasteiger partial charge in [0.2, 0.25) is 17.5 Å². The molecule has 0 radical (unpaired) electrons. The van der Waals surface area contributed by atoms with E-state index in [-0.39, 0.29) is 11.3 Å². The van der Waals surface area contributed by atoms with Gasteiger partial charge in [-0.3, -0.25) is 9.36 Å². The predicted octanol–water partition coefficient (Wildman–Crippen LogP) is 3.26. The Kier molecular flexibility index (Phi) is 5.67. The molecular weight excluding hydrogens is 492 g/mol. The lowest BCUT2D eigenvalue weighted by molar-refractivity contribution is 0.377. The number of hydrogen-bond acceptors (Lipinski definition) is 8. The second-order valence-electron chi connectivity index (χ2n) is 7.67. The Bertz CT molecular complexity index is 1500. The van der Waals surface area contributed by atoms with Crippen LogP contribution in [0.3, 0.4) is 0 Å². The van der Waals surface area contributed by atoms with Gasteiger partial charge in [-0.25, -0.2) is 9.38 Å². The van der Waals surface area contributed by atoms with Gasteiger partial charge in [0, 0.05) is 19.4 Å². The van der Waals surface area contributed by atoms with E-state index in [1.165, 1.54) is 4.40 Å². The lowest BCUT2D eigenvalue weighted by Crippen LogP contribution is -2.21. The van der Waals surface area contributed by atoms with Crippen molar-refractivity contribution < 1.29 is 9.63 Å². The minimum atomic E-state index is -0.259. The number of nitrogens with zero attached hydrogens (tertiary/aromatic N) is 7. The van der Waals surface area contributed by atoms with Crippen molar-refractivity contribution in [3.63, 3.8) is 0 Å². The standard InChI is InChI=1S/C21H21BrN8O3/c1-2-3-6-11-29-18-16(24-20(22)25-18)19(32)30-14(26-27-21(29)30)9-10-15-23-17(28-33-15)12-7-4-5-8-13(12)31/h4-5,7-8,31H,2-3,6,9-11H2,1H3,(H,24,25). The molecule has 2 N–H and O–H groups in total. The third kappa shape index (κ3) is 3.90. The van der Waals surface area contributed by atoms with Crippen LogP contribution in [0.2, 0.25) is 0 Å². The average molecular weight is 513 g/mol. The first kappa shape index (κ1) is 21.3. The Balaban J connectivity index is 1.47. The lowest BCUT2D eigenvalue weighted by Gasteiger charge is -2.09. The highest BCUT2D eigenvalue weighted by atomic mass is 79.9. The molecule has 4 aromatic heterocycles. The molecule has 5 aromatic rings. The molecule has 0 bridgehead atoms. The molecule has 0 amide bonds. The number of rotatable bonds is 8. The number of aromatic nitrogens is 8. The summed E-state index contributed by atoms with van der Waals surface area (Å²) in [7, 11) is 0. The summed E-state index contributed by atoms with van der Waals surface area (Å²) < 4.78 is 9.27. The van der Waals surface area contributed by atoms with Crippen LogP contribution in [0.5, 0.6) is 5.75 Å². The molecule has 0 spiro atoms. The smallest absolute Gasteiger partial charge is 0.286 e. The van der Waals surface area contributed by atoms with Crippen LogP contribution in [0.25, 0.3) is 28.3 Å². The fourth-order valence-electron chi connectivity index (χ4n) is 3.81. The van der Waals surface area contributed by atoms with Crippen molar-refractivity contribution in [2.75, 3.05) is 0 Å². The molecule has 0 saturated carbocycles. The summed E-state index contributed by atoms with van der Waals surface area (Å²) in [5, 5.41) is 22.5. The number of H-pyrrole nitrogens is 1. The number of hydrogen-bond donors (Lipinski definition) is 2. The van der Waals surface area contributed by atoms with Crippen LogP contribution in [0.1, 0.15) is 37.9 Å². The van der Waals surface area contributed by atoms with Crippen molar-refractivity contribution >= 4 is 32.9 Å². The highest BCUT2D eigenvalue weighted by Crippen LogP contribution is 2.26. The summed E-state index contributed by atoms with van der Waals surface area (Å²) in [6.07, 6.45) is 3.81. The maximum Gasteiger partial charge on any atom is 0.286 e. The first-order chi connectivity index (χ1) is 16.1. The summed E-state index contributed by atoms with van der Waals surface area (Å²) in [6.45, 7) is 2.82. The first-order valence-electron chi connectivity index (χ1n) is 10.7. The van der Waals surface area contributed by atoms with Crippen molar-refractivity contribution in [3.05, 3.63) is 51.1 Å². The van der Waals surface area contributed by atoms with Crippen LogP contribution in [0, 0.1) is 0 Å². The Morgan fingerprint density at radius 2 is 2.00 bits per heavy atom. The van der Waals surface area contributed by atoms with Gasteiger partial charge in [-0.1, -0.05) is 37.1 Å². The van der Waals surface area contributed by atoms with Crippen LogP contribution in [-0.2, 0) is 19.4 Å². The van der Waals surface area contributed by atoms with E-state index in [2.05, 4.69) is 53.2 Å². The van der Waals surface area contributed by atoms with Crippen molar-refractivity contribution in [3.8, 4) is 17.1 Å². The molecule has 4 heterocycles. The number of fused-ring (bicyclic) bond motifs is 2. The number of imidazole rings is 1. The van der Waals surface area contributed by atoms with Crippen LogP contribution in [0.15, 0.2) is 38.3 Å². The first-order valence-corrected chi connectivity index (χ1v) is 11.5. The zero-order valence-electron chi connectivity index (χ0n) is 17.8. The highest BCUT2D eigenvalue weighted by Gasteiger charge is 2.20. The van der Waals surface area contributed by atoms with Gasteiger partial charge in [0.05, 0.1) is 5.56 Å². The van der Waals surface area contributed by atoms with E-state index in [9.17, 15) is 9.90 Å². The number of para-hydroxylation sites is 1. The van der Waals surface area contributed by atoms with Gasteiger partial charge < -0.3 is 14.6 Å². The Morgan fingerprint density at radius 1 is 1.15 bits per heavy atom. The number of benzene rings is 1. The number of unbranched alkanes of at least 4 members (excludes halogenated alkanes) is 2. The zero-order chi connectivity index (χ0) is 22.9. The van der Waals surface area contributed by atoms with E-state index in [4.69, 9.17) is 4.52 Å². The molecule has 0 atom stereocenters. The highest BCUT2D eigenvalue weighted by molar-refractivity contribution is 9.10. The number of nitrogens with one attached hydrogen (secondary N) is 1. The van der Waals surface area contributed by atoms with Crippen molar-refractivity contribution in [1.82, 2.24) is 39.3 Å². The third-order valence-electron chi connectivity index (χ3n) is 5.44. The molecule has 170 valence electrons. The van der Waals surface area contributed by atoms with Crippen LogP contribution in [0.4, 0.5) is 0 Å². The fraction of sp³-hybridized carbons (Fsp3) is 0.333. The van der Waals surface area contributed by atoms with E-state index in [1.807, 2.05) is 4.57 Å². The molecule has 0 unspecified atom stereocenters. The summed E-state index contributed by atoms with van der Waals surface area (Å²) in [4.78, 5) is 25.0. The molecule has 0 aliphatic carbocycles. The summed E-state index contributed by atoms with van der Waals surface area (Å²) in [5.41, 5.74) is 1.18. The normalized spacial score (nSPS) is 11.7. The number of aryl methyl sites for hydroxylation is 3. The van der Waals surface area contributed by atoms with Gasteiger partial charge in [0.1, 0.15) is 11.6 Å². The fourth-order valence-corrected chi connectivity index (χ4v) is 4.18. The van der Waals surface area contributed by atoms with E-state index in [0.29, 0.717) is 64.2 Å². The van der Waals surface area contributed by atoms with Crippen LogP contribution in [-0.4, -0.2) is 44.4 Å². The van der Waals surface area contributed by atoms with Gasteiger partial charge >= 0.3 is 0 Å². The molecule has 0 saturated heterocycles. The minimum Gasteiger partial charge on any atom is -0.507 e. The van der Waals surface area contributed by atoms with Crippen molar-refractivity contribution in [1.29, 1.82) is 0 Å². The SMILES string of the molecule is CCCCCn1c2nc(Br)[nH]c2c(=O)n2c(CCc3nc(-c4ccccc4O)no3)nnc12. The maximum atomic E-state index is 13.2. The minimum absolute atomic E-state index is 0.0756. The number of phenols is 1. The Labute approximate surface area is 195 Å². The molecule has 0 fully saturated rings. The molecule has 11 nitrogen and oxygen atoms in total. The van der Waals surface area contributed by atoms with Crippen molar-refractivity contribution in [2.24, 2.45) is 0 Å². The molecule has 1 aromatic carbocycles. The number of aromatic amines is 1. The van der Waals surface area contributed by atoms with Crippen molar-refractivity contribution in [2.45, 2.75) is 45.6 Å². The largest absolute Gasteiger partial charge is 0.507 e. The van der Waals surface area contributed by atoms with Gasteiger partial charge in [-0.15, -0.1) is 10.2 Å². The monoisotopic (exact) mass is 512 g/mol. The number of aromatic hydroxyl groups is 1. The summed E-state index contributed by atoms with van der Waals surface area (Å²) >= 11 is 3.33. The molecule has 0 aliphatic heterocycles. The quantitative estimate of drug-likeness (QED) is 0.238. The van der Waals surface area contributed by atoms with Crippen LogP contribution >= 0.6 is 15.9 Å². The average Bonchev–Trinajstić information content (AvgIpc) is 3.53.